The van der Waals surface area contributed by atoms with Crippen LogP contribution in [0.5, 0.6) is 0 Å². The van der Waals surface area contributed by atoms with E-state index < -0.39 is 97.5 Å². The Kier molecular flexibility index (Phi) is 77.5. The van der Waals surface area contributed by atoms with Crippen LogP contribution < -0.4 is 0 Å². The predicted octanol–water partition coefficient (Wildman–Crippen LogP) is 27.3. The Morgan fingerprint density at radius 3 is 0.630 bits per heavy atom. The number of hydrogen-bond acceptors (Lipinski definition) is 15. The summed E-state index contributed by atoms with van der Waals surface area (Å²) in [6, 6.07) is 0. The number of carbonyl (C=O) groups is 4. The standard InChI is InChI=1S/C89H174O17P2/c1-8-9-10-11-12-13-14-15-16-17-18-19-20-21-26-29-32-35-43-51-58-65-72-88(93)105-84(76-99-86(91)70-63-56-49-42-34-31-28-25-23-22-24-27-30-33-39-46-53-60-67-80(2)3)78-103-107(95,96)101-74-83(90)75-102-108(97,98)104-79-85(77-100-87(92)71-64-57-50-45-38-41-48-55-62-69-82(6)7)106-89(94)73-66-59-52-44-37-36-40-47-54-61-68-81(4)5/h80-85,90H,8-79H2,1-7H3,(H,95,96)(H,97,98)/t83-,84-,85-/m1/s1. The van der Waals surface area contributed by atoms with E-state index in [-0.39, 0.29) is 25.7 Å². The minimum Gasteiger partial charge on any atom is -0.462 e. The Hall–Kier alpha value is -1.94. The van der Waals surface area contributed by atoms with Gasteiger partial charge in [0, 0.05) is 25.7 Å². The number of rotatable bonds is 87. The van der Waals surface area contributed by atoms with E-state index in [0.29, 0.717) is 25.7 Å². The summed E-state index contributed by atoms with van der Waals surface area (Å²) in [5, 5.41) is 10.7. The van der Waals surface area contributed by atoms with Gasteiger partial charge in [-0.15, -0.1) is 0 Å². The Balaban J connectivity index is 5.22. The molecule has 642 valence electrons. The van der Waals surface area contributed by atoms with Crippen molar-refractivity contribution in [2.45, 2.75) is 491 Å². The van der Waals surface area contributed by atoms with E-state index in [4.69, 9.17) is 37.0 Å². The Morgan fingerprint density at radius 2 is 0.426 bits per heavy atom. The van der Waals surface area contributed by atoms with Gasteiger partial charge in [0.25, 0.3) is 0 Å². The van der Waals surface area contributed by atoms with E-state index >= 15 is 0 Å². The largest absolute Gasteiger partial charge is 0.472 e. The maximum absolute atomic E-state index is 13.2. The molecule has 0 amide bonds. The number of carbonyl (C=O) groups excluding carboxylic acids is 4. The molecule has 0 bridgehead atoms. The first-order valence-electron chi connectivity index (χ1n) is 45.8. The molecule has 0 heterocycles. The van der Waals surface area contributed by atoms with E-state index in [1.165, 1.54) is 283 Å². The minimum absolute atomic E-state index is 0.106. The summed E-state index contributed by atoms with van der Waals surface area (Å²) in [5.74, 6) is 0.216. The van der Waals surface area contributed by atoms with E-state index in [9.17, 15) is 43.2 Å². The van der Waals surface area contributed by atoms with E-state index in [0.717, 1.165) is 108 Å². The second kappa shape index (κ2) is 78.9. The first-order chi connectivity index (χ1) is 52.2. The van der Waals surface area contributed by atoms with Gasteiger partial charge in [-0.05, 0) is 43.4 Å². The third kappa shape index (κ3) is 82.1. The first kappa shape index (κ1) is 106. The number of hydrogen-bond donors (Lipinski definition) is 3. The third-order valence-electron chi connectivity index (χ3n) is 20.9. The second-order valence-corrected chi connectivity index (χ2v) is 36.3. The normalized spacial score (nSPS) is 13.8. The van der Waals surface area contributed by atoms with Gasteiger partial charge in [-0.25, -0.2) is 9.13 Å². The molecule has 19 heteroatoms. The molecule has 2 unspecified atom stereocenters. The van der Waals surface area contributed by atoms with Gasteiger partial charge in [-0.3, -0.25) is 37.3 Å². The molecule has 0 aromatic carbocycles. The summed E-state index contributed by atoms with van der Waals surface area (Å²) < 4.78 is 69.0. The van der Waals surface area contributed by atoms with E-state index in [1.807, 2.05) is 0 Å². The highest BCUT2D eigenvalue weighted by Gasteiger charge is 2.31. The fourth-order valence-corrected chi connectivity index (χ4v) is 15.5. The zero-order valence-electron chi connectivity index (χ0n) is 71.3. The van der Waals surface area contributed by atoms with Gasteiger partial charge in [0.05, 0.1) is 26.4 Å². The number of phosphoric ester groups is 2. The molecular weight excluding hydrogens is 1400 g/mol. The minimum atomic E-state index is -4.97. The van der Waals surface area contributed by atoms with Crippen LogP contribution >= 0.6 is 15.6 Å². The summed E-state index contributed by atoms with van der Waals surface area (Å²) in [6.45, 7) is 12.0. The number of ether oxygens (including phenoxy) is 4. The van der Waals surface area contributed by atoms with Gasteiger partial charge in [0.1, 0.15) is 19.3 Å². The zero-order valence-corrected chi connectivity index (χ0v) is 73.1. The molecule has 5 atom stereocenters. The molecule has 0 aromatic rings. The van der Waals surface area contributed by atoms with Crippen molar-refractivity contribution in [2.75, 3.05) is 39.6 Å². The second-order valence-electron chi connectivity index (χ2n) is 33.4. The molecule has 0 saturated heterocycles. The van der Waals surface area contributed by atoms with Gasteiger partial charge in [0.15, 0.2) is 12.2 Å². The summed E-state index contributed by atoms with van der Waals surface area (Å²) in [6.07, 6.45) is 71.0. The summed E-state index contributed by atoms with van der Waals surface area (Å²) >= 11 is 0. The Labute approximate surface area is 664 Å². The maximum atomic E-state index is 13.2. The molecule has 0 radical (unpaired) electrons. The highest BCUT2D eigenvalue weighted by atomic mass is 31.2. The lowest BCUT2D eigenvalue weighted by molar-refractivity contribution is -0.161. The topological polar surface area (TPSA) is 237 Å². The van der Waals surface area contributed by atoms with Crippen LogP contribution in [0.3, 0.4) is 0 Å². The van der Waals surface area contributed by atoms with Gasteiger partial charge >= 0.3 is 39.5 Å². The smallest absolute Gasteiger partial charge is 0.462 e. The molecule has 0 fully saturated rings. The third-order valence-corrected chi connectivity index (χ3v) is 22.8. The molecule has 3 N–H and O–H groups in total. The van der Waals surface area contributed by atoms with Gasteiger partial charge in [-0.2, -0.15) is 0 Å². The fraction of sp³-hybridized carbons (Fsp3) is 0.955. The number of esters is 4. The van der Waals surface area contributed by atoms with Crippen molar-refractivity contribution in [3.63, 3.8) is 0 Å². The fourth-order valence-electron chi connectivity index (χ4n) is 13.9. The molecule has 0 aromatic heterocycles. The molecule has 0 rings (SSSR count). The molecule has 0 saturated carbocycles. The SMILES string of the molecule is CCCCCCCCCCCCCCCCCCCCCCCCC(=O)O[C@H](COC(=O)CCCCCCCCCCCCCCCCCCCCC(C)C)COP(=O)(O)OC[C@@H](O)COP(=O)(O)OC[C@@H](COC(=O)CCCCCCCCCCCC(C)C)OC(=O)CCCCCCCCCCCCC(C)C. The van der Waals surface area contributed by atoms with Gasteiger partial charge < -0.3 is 33.8 Å². The number of aliphatic hydroxyl groups excluding tert-OH is 1. The lowest BCUT2D eigenvalue weighted by atomic mass is 10.0. The van der Waals surface area contributed by atoms with Crippen LogP contribution in [0.1, 0.15) is 472 Å². The molecule has 0 aliphatic heterocycles. The van der Waals surface area contributed by atoms with Crippen LogP contribution in [-0.2, 0) is 65.4 Å². The quantitative estimate of drug-likeness (QED) is 0.0222. The van der Waals surface area contributed by atoms with E-state index in [2.05, 4.69) is 48.5 Å². The summed E-state index contributed by atoms with van der Waals surface area (Å²) in [4.78, 5) is 73.3. The van der Waals surface area contributed by atoms with Gasteiger partial charge in [0.2, 0.25) is 0 Å². The molecular formula is C89H174O17P2. The van der Waals surface area contributed by atoms with Crippen molar-refractivity contribution in [3.8, 4) is 0 Å². The average Bonchev–Trinajstić information content (AvgIpc) is 0.898. The van der Waals surface area contributed by atoms with Crippen LogP contribution in [0.4, 0.5) is 0 Å². The number of aliphatic hydroxyl groups is 1. The first-order valence-corrected chi connectivity index (χ1v) is 48.8. The zero-order chi connectivity index (χ0) is 79.3. The highest BCUT2D eigenvalue weighted by molar-refractivity contribution is 7.47. The maximum Gasteiger partial charge on any atom is 0.472 e. The van der Waals surface area contributed by atoms with Gasteiger partial charge in [-0.1, -0.05) is 421 Å². The van der Waals surface area contributed by atoms with Crippen molar-refractivity contribution in [1.29, 1.82) is 0 Å². The van der Waals surface area contributed by atoms with Crippen molar-refractivity contribution in [1.82, 2.24) is 0 Å². The van der Waals surface area contributed by atoms with Crippen molar-refractivity contribution < 1.29 is 80.2 Å². The molecule has 0 aliphatic carbocycles. The van der Waals surface area contributed by atoms with Crippen molar-refractivity contribution in [2.24, 2.45) is 17.8 Å². The van der Waals surface area contributed by atoms with Crippen LogP contribution in [0.15, 0.2) is 0 Å². The Bertz CT molecular complexity index is 2080. The molecule has 108 heavy (non-hydrogen) atoms. The number of phosphoric acid groups is 2. The van der Waals surface area contributed by atoms with Crippen LogP contribution in [0, 0.1) is 17.8 Å². The lowest BCUT2D eigenvalue weighted by Gasteiger charge is -2.21. The average molecular weight is 1580 g/mol. The molecule has 17 nitrogen and oxygen atoms in total. The molecule has 0 aliphatic rings. The number of unbranched alkanes of at least 4 members (excludes halogenated alkanes) is 55. The van der Waals surface area contributed by atoms with E-state index in [1.54, 1.807) is 0 Å². The van der Waals surface area contributed by atoms with Crippen LogP contribution in [0.25, 0.3) is 0 Å². The Morgan fingerprint density at radius 1 is 0.250 bits per heavy atom. The van der Waals surface area contributed by atoms with Crippen molar-refractivity contribution >= 4 is 39.5 Å². The monoisotopic (exact) mass is 1580 g/mol. The van der Waals surface area contributed by atoms with Crippen LogP contribution in [0.2, 0.25) is 0 Å². The summed E-state index contributed by atoms with van der Waals surface area (Å²) in [7, 11) is -9.93. The van der Waals surface area contributed by atoms with Crippen LogP contribution in [-0.4, -0.2) is 96.7 Å². The predicted molar refractivity (Wildman–Crippen MR) is 446 cm³/mol. The highest BCUT2D eigenvalue weighted by Crippen LogP contribution is 2.45. The summed E-state index contributed by atoms with van der Waals surface area (Å²) in [5.41, 5.74) is 0. The van der Waals surface area contributed by atoms with Crippen molar-refractivity contribution in [3.05, 3.63) is 0 Å². The molecule has 0 spiro atoms. The lowest BCUT2D eigenvalue weighted by Crippen LogP contribution is -2.30.